The lowest BCUT2D eigenvalue weighted by Crippen LogP contribution is -2.27. The number of thiophene rings is 4. The highest BCUT2D eigenvalue weighted by molar-refractivity contribution is 7.33. The third kappa shape index (κ3) is 24.3. The number of aryl methyl sites for hydroxylation is 2. The zero-order valence-electron chi connectivity index (χ0n) is 70.4. The standard InChI is InChI=1S/C100H148N4S6/c1-7-11-15-19-23-27-31-35-39-43-47-51-55-59-67-99(68-60-56-52-48-44-40-36-32-28-24-20-16-12-8-2)82-73-80-83(72-79(82)93-84(99)71-77(5)95-97(93)103-109-101-95)100(69-61-57-53-49-45-41-37-33-29-25-21-17-13-9-3,70-62-58-54-50-46-42-38-34-30-26-22-18-14-10-4)85-74-81(96-98(94(80)85)104-110-102-96)86-65-66-88(106-86)90-76-92-91(108-90)75-89(107-92)87-64-63-78(6)105-87/h63-66,71-76H,7-62,67-70H2,1-6H3. The van der Waals surface area contributed by atoms with Crippen LogP contribution >= 0.6 is 68.8 Å². The molecule has 0 aliphatic heterocycles. The van der Waals surface area contributed by atoms with Gasteiger partial charge in [-0.15, -0.1) is 45.3 Å². The lowest BCUT2D eigenvalue weighted by atomic mass is 9.68. The minimum atomic E-state index is -0.156. The summed E-state index contributed by atoms with van der Waals surface area (Å²) in [5, 5.41) is 0. The highest BCUT2D eigenvalue weighted by atomic mass is 32.1. The summed E-state index contributed by atoms with van der Waals surface area (Å²) < 4.78 is 24.4. The number of benzene rings is 3. The van der Waals surface area contributed by atoms with Crippen LogP contribution in [0, 0.1) is 13.8 Å². The number of hydrogen-bond acceptors (Lipinski definition) is 10. The molecule has 604 valence electrons. The molecule has 6 heterocycles. The summed E-state index contributed by atoms with van der Waals surface area (Å²) in [5.74, 6) is 0. The zero-order chi connectivity index (χ0) is 76.3. The predicted molar refractivity (Wildman–Crippen MR) is 495 cm³/mol. The van der Waals surface area contributed by atoms with E-state index in [1.54, 1.807) is 22.3 Å². The Morgan fingerprint density at radius 1 is 0.236 bits per heavy atom. The van der Waals surface area contributed by atoms with Gasteiger partial charge in [-0.25, -0.2) is 0 Å². The van der Waals surface area contributed by atoms with Crippen molar-refractivity contribution in [2.24, 2.45) is 0 Å². The maximum absolute atomic E-state index is 5.59. The summed E-state index contributed by atoms with van der Waals surface area (Å²) >= 11 is 10.7. The van der Waals surface area contributed by atoms with Gasteiger partial charge in [0, 0.05) is 66.2 Å². The molecule has 6 aromatic heterocycles. The Bertz CT molecular complexity index is 3950. The Balaban J connectivity index is 0.926. The molecule has 0 amide bonds. The van der Waals surface area contributed by atoms with E-state index in [1.807, 2.05) is 45.3 Å². The van der Waals surface area contributed by atoms with Crippen molar-refractivity contribution < 1.29 is 0 Å². The van der Waals surface area contributed by atoms with Crippen LogP contribution in [0.2, 0.25) is 0 Å². The summed E-state index contributed by atoms with van der Waals surface area (Å²) in [5.41, 5.74) is 19.1. The average Bonchev–Trinajstić information content (AvgIpc) is 1.51. The molecular formula is C100H148N4S6. The van der Waals surface area contributed by atoms with Crippen molar-refractivity contribution in [1.82, 2.24) is 17.5 Å². The number of fused-ring (bicyclic) bond motifs is 11. The zero-order valence-corrected chi connectivity index (χ0v) is 75.3. The minimum Gasteiger partial charge on any atom is -0.173 e. The minimum absolute atomic E-state index is 0.0984. The Morgan fingerprint density at radius 2 is 0.509 bits per heavy atom. The van der Waals surface area contributed by atoms with E-state index in [2.05, 4.69) is 102 Å². The van der Waals surface area contributed by atoms with Crippen molar-refractivity contribution in [2.75, 3.05) is 0 Å². The van der Waals surface area contributed by atoms with Crippen molar-refractivity contribution in [2.45, 2.75) is 438 Å². The van der Waals surface area contributed by atoms with Crippen LogP contribution in [0.5, 0.6) is 0 Å². The van der Waals surface area contributed by atoms with Crippen LogP contribution in [0.25, 0.3) is 83.7 Å². The van der Waals surface area contributed by atoms with E-state index in [0.29, 0.717) is 0 Å². The van der Waals surface area contributed by atoms with E-state index in [9.17, 15) is 0 Å². The second-order valence-electron chi connectivity index (χ2n) is 34.9. The largest absolute Gasteiger partial charge is 0.173 e. The first-order valence-electron chi connectivity index (χ1n) is 46.8. The predicted octanol–water partition coefficient (Wildman–Crippen LogP) is 36.7. The SMILES string of the molecule is CCCCCCCCCCCCCCCCC1(CCCCCCCCCCCCCCCC)c2cc3c(cc2-c2c1cc(C)c1nsnc21)C(CCCCCCCCCCCCCCCC)(CCCCCCCCCCCCCCCC)c1cc(-c2ccc(-c4cc5sc(-c6ccc(C)s6)cc5s4)s2)c2nsnc2c1-3. The number of hydrogen-bond donors (Lipinski definition) is 0. The lowest BCUT2D eigenvalue weighted by Gasteiger charge is -2.35. The van der Waals surface area contributed by atoms with Crippen LogP contribution in [0.1, 0.15) is 446 Å². The van der Waals surface area contributed by atoms with Gasteiger partial charge in [-0.3, -0.25) is 0 Å². The van der Waals surface area contributed by atoms with Gasteiger partial charge in [0.25, 0.3) is 0 Å². The molecule has 2 aliphatic carbocycles. The molecule has 0 saturated carbocycles. The van der Waals surface area contributed by atoms with E-state index < -0.39 is 0 Å². The van der Waals surface area contributed by atoms with E-state index in [0.717, 1.165) is 16.6 Å². The summed E-state index contributed by atoms with van der Waals surface area (Å²) in [4.78, 5) is 8.23. The second kappa shape index (κ2) is 48.2. The molecule has 0 unspecified atom stereocenters. The van der Waals surface area contributed by atoms with Gasteiger partial charge in [0.05, 0.1) is 23.5 Å². The van der Waals surface area contributed by atoms with Crippen LogP contribution in [0.4, 0.5) is 0 Å². The molecule has 0 atom stereocenters. The van der Waals surface area contributed by atoms with Gasteiger partial charge in [0.15, 0.2) is 0 Å². The van der Waals surface area contributed by atoms with Crippen molar-refractivity contribution >= 4 is 100 Å². The Kier molecular flexibility index (Phi) is 38.2. The first-order chi connectivity index (χ1) is 54.3. The van der Waals surface area contributed by atoms with Crippen LogP contribution in [-0.4, -0.2) is 17.5 Å². The molecule has 11 rings (SSSR count). The van der Waals surface area contributed by atoms with Crippen molar-refractivity contribution in [3.63, 3.8) is 0 Å². The quantitative estimate of drug-likeness (QED) is 0.0357. The topological polar surface area (TPSA) is 51.6 Å². The maximum Gasteiger partial charge on any atom is 0.114 e. The van der Waals surface area contributed by atoms with Gasteiger partial charge in [-0.05, 0) is 133 Å². The van der Waals surface area contributed by atoms with Gasteiger partial charge in [0.2, 0.25) is 0 Å². The molecule has 0 saturated heterocycles. The second-order valence-corrected chi connectivity index (χ2v) is 40.5. The average molecular weight is 1600 g/mol. The van der Waals surface area contributed by atoms with E-state index >= 15 is 0 Å². The maximum atomic E-state index is 5.59. The molecule has 10 heteroatoms. The Morgan fingerprint density at radius 3 is 0.845 bits per heavy atom. The highest BCUT2D eigenvalue weighted by Crippen LogP contribution is 2.64. The van der Waals surface area contributed by atoms with Gasteiger partial charge in [-0.1, -0.05) is 393 Å². The molecule has 0 fully saturated rings. The third-order valence-corrected chi connectivity index (χ3v) is 32.0. The summed E-state index contributed by atoms with van der Waals surface area (Å²) in [6.07, 6.45) is 82.3. The van der Waals surface area contributed by atoms with Gasteiger partial charge in [-0.2, -0.15) is 17.5 Å². The number of nitrogens with zero attached hydrogens (tertiary/aromatic N) is 4. The van der Waals surface area contributed by atoms with Crippen molar-refractivity contribution in [1.29, 1.82) is 0 Å². The van der Waals surface area contributed by atoms with E-state index in [1.165, 1.54) is 486 Å². The monoisotopic (exact) mass is 1600 g/mol. The summed E-state index contributed by atoms with van der Waals surface area (Å²) in [7, 11) is 0. The van der Waals surface area contributed by atoms with Crippen molar-refractivity contribution in [3.8, 4) is 52.2 Å². The normalized spacial score (nSPS) is 13.5. The van der Waals surface area contributed by atoms with Crippen LogP contribution in [-0.2, 0) is 10.8 Å². The molecule has 4 nitrogen and oxygen atoms in total. The molecule has 110 heavy (non-hydrogen) atoms. The lowest BCUT2D eigenvalue weighted by molar-refractivity contribution is 0.393. The van der Waals surface area contributed by atoms with E-state index in [4.69, 9.17) is 17.5 Å². The van der Waals surface area contributed by atoms with E-state index in [-0.39, 0.29) is 10.8 Å². The van der Waals surface area contributed by atoms with Gasteiger partial charge < -0.3 is 0 Å². The molecular weight excluding hydrogens is 1450 g/mol. The summed E-state index contributed by atoms with van der Waals surface area (Å²) in [6, 6.07) is 25.5. The molecule has 0 bridgehead atoms. The van der Waals surface area contributed by atoms with Crippen molar-refractivity contribution in [3.05, 3.63) is 93.4 Å². The van der Waals surface area contributed by atoms with Crippen LogP contribution in [0.15, 0.2) is 60.7 Å². The summed E-state index contributed by atoms with van der Waals surface area (Å²) in [6.45, 7) is 13.9. The number of rotatable bonds is 63. The molecule has 0 radical (unpaired) electrons. The molecule has 0 spiro atoms. The Labute approximate surface area is 695 Å². The molecule has 3 aromatic carbocycles. The fourth-order valence-electron chi connectivity index (χ4n) is 19.7. The van der Waals surface area contributed by atoms with Gasteiger partial charge in [0.1, 0.15) is 22.1 Å². The molecule has 2 aliphatic rings. The van der Waals surface area contributed by atoms with Gasteiger partial charge >= 0.3 is 0 Å². The molecule has 9 aromatic rings. The smallest absolute Gasteiger partial charge is 0.114 e. The first-order valence-corrected chi connectivity index (χ1v) is 51.5. The third-order valence-electron chi connectivity index (χ3n) is 26.2. The molecule has 0 N–H and O–H groups in total. The Hall–Kier alpha value is -3.64. The fraction of sp³-hybridized carbons (Fsp3) is 0.680. The first kappa shape index (κ1) is 87.2. The van der Waals surface area contributed by atoms with Crippen LogP contribution in [0.3, 0.4) is 0 Å². The van der Waals surface area contributed by atoms with Crippen LogP contribution < -0.4 is 0 Å². The number of unbranched alkanes of at least 4 members (excludes halogenated alkanes) is 52. The fourth-order valence-corrected chi connectivity index (χ4v) is 25.3. The number of aromatic nitrogens is 4. The highest BCUT2D eigenvalue weighted by Gasteiger charge is 2.50.